The summed E-state index contributed by atoms with van der Waals surface area (Å²) in [6, 6.07) is 13.8. The van der Waals surface area contributed by atoms with Gasteiger partial charge in [0.1, 0.15) is 5.82 Å². The van der Waals surface area contributed by atoms with Gasteiger partial charge in [-0.05, 0) is 62.0 Å². The minimum Gasteiger partial charge on any atom is -0.395 e. The normalized spacial score (nSPS) is 19.1. The van der Waals surface area contributed by atoms with Crippen molar-refractivity contribution >= 4 is 17.3 Å². The predicted octanol–water partition coefficient (Wildman–Crippen LogP) is 2.85. The lowest BCUT2D eigenvalue weighted by Gasteiger charge is -2.27. The first-order valence-electron chi connectivity index (χ1n) is 9.31. The molecule has 4 heterocycles. The maximum absolute atomic E-state index is 9.61. The minimum atomic E-state index is -0.0852. The third-order valence-corrected chi connectivity index (χ3v) is 5.56. The number of rotatable bonds is 5. The van der Waals surface area contributed by atoms with Crippen LogP contribution in [0.4, 0.5) is 0 Å². The fraction of sp³-hybridized carbons (Fsp3) is 0.286. The van der Waals surface area contributed by atoms with E-state index in [9.17, 15) is 5.11 Å². The number of thiocarbonyl (C=S) groups is 1. The number of nitrogens with zero attached hydrogens (tertiary/aromatic N) is 4. The van der Waals surface area contributed by atoms with Crippen molar-refractivity contribution in [1.29, 1.82) is 0 Å². The second-order valence-corrected chi connectivity index (χ2v) is 7.28. The predicted molar refractivity (Wildman–Crippen MR) is 112 cm³/mol. The van der Waals surface area contributed by atoms with Crippen LogP contribution in [0.5, 0.6) is 0 Å². The molecule has 1 aliphatic heterocycles. The summed E-state index contributed by atoms with van der Waals surface area (Å²) in [5.41, 5.74) is 4.29. The highest BCUT2D eigenvalue weighted by molar-refractivity contribution is 7.80. The first kappa shape index (κ1) is 18.6. The van der Waals surface area contributed by atoms with Crippen LogP contribution in [0.1, 0.15) is 34.7 Å². The van der Waals surface area contributed by atoms with E-state index in [2.05, 4.69) is 44.7 Å². The summed E-state index contributed by atoms with van der Waals surface area (Å²) in [4.78, 5) is 11.1. The molecule has 3 aromatic rings. The van der Waals surface area contributed by atoms with Crippen molar-refractivity contribution in [2.24, 2.45) is 0 Å². The van der Waals surface area contributed by atoms with Crippen LogP contribution in [0, 0.1) is 13.8 Å². The number of aryl methyl sites for hydroxylation is 1. The van der Waals surface area contributed by atoms with Crippen LogP contribution in [0.15, 0.2) is 54.9 Å². The molecule has 7 heteroatoms. The van der Waals surface area contributed by atoms with Gasteiger partial charge in [0, 0.05) is 30.3 Å². The van der Waals surface area contributed by atoms with E-state index < -0.39 is 0 Å². The van der Waals surface area contributed by atoms with Crippen molar-refractivity contribution in [2.75, 3.05) is 13.2 Å². The lowest BCUT2D eigenvalue weighted by atomic mass is 9.97. The van der Waals surface area contributed by atoms with Gasteiger partial charge in [0.15, 0.2) is 5.11 Å². The van der Waals surface area contributed by atoms with Gasteiger partial charge in [-0.1, -0.05) is 12.1 Å². The Bertz CT molecular complexity index is 973. The second-order valence-electron chi connectivity index (χ2n) is 6.89. The Hall–Kier alpha value is -2.77. The molecule has 4 rings (SSSR count). The smallest absolute Gasteiger partial charge is 0.170 e. The molecule has 1 fully saturated rings. The molecule has 6 nitrogen and oxygen atoms in total. The van der Waals surface area contributed by atoms with E-state index in [1.54, 1.807) is 12.4 Å². The maximum atomic E-state index is 9.61. The van der Waals surface area contributed by atoms with Crippen LogP contribution in [-0.4, -0.2) is 42.8 Å². The van der Waals surface area contributed by atoms with Gasteiger partial charge in [0.05, 0.1) is 24.4 Å². The molecule has 2 N–H and O–H groups in total. The summed E-state index contributed by atoms with van der Waals surface area (Å²) in [6.45, 7) is 4.68. The van der Waals surface area contributed by atoms with Crippen molar-refractivity contribution in [3.05, 3.63) is 77.5 Å². The molecule has 0 unspecified atom stereocenters. The van der Waals surface area contributed by atoms with Crippen LogP contribution in [0.2, 0.25) is 0 Å². The molecular formula is C21H23N5OS. The number of hydrogen-bond donors (Lipinski definition) is 2. The molecule has 0 bridgehead atoms. The first-order valence-corrected chi connectivity index (χ1v) is 9.72. The molecular weight excluding hydrogens is 370 g/mol. The number of pyridine rings is 2. The van der Waals surface area contributed by atoms with Crippen LogP contribution >= 0.6 is 12.2 Å². The molecule has 1 saturated heterocycles. The number of aliphatic hydroxyl groups is 1. The molecule has 0 radical (unpaired) electrons. The molecule has 0 aromatic carbocycles. The van der Waals surface area contributed by atoms with Crippen molar-refractivity contribution in [3.63, 3.8) is 0 Å². The Morgan fingerprint density at radius 2 is 1.86 bits per heavy atom. The van der Waals surface area contributed by atoms with Crippen LogP contribution in [0.3, 0.4) is 0 Å². The number of hydrogen-bond acceptors (Lipinski definition) is 4. The number of nitrogens with one attached hydrogen (secondary N) is 1. The van der Waals surface area contributed by atoms with Gasteiger partial charge in [-0.2, -0.15) is 0 Å². The standard InChI is InChI=1S/C21H23N5OS/c1-14-13-16(15(2)26(14)18-8-4-6-10-23-18)20-19(17-7-3-5-9-22-17)24-21(28)25(20)11-12-27/h3-10,13,19-20,27H,11-12H2,1-2H3,(H,24,28)/t19-,20-/m1/s1. The molecule has 0 aliphatic carbocycles. The summed E-state index contributed by atoms with van der Waals surface area (Å²) < 4.78 is 2.16. The molecule has 144 valence electrons. The van der Waals surface area contributed by atoms with Gasteiger partial charge in [-0.25, -0.2) is 4.98 Å². The zero-order valence-electron chi connectivity index (χ0n) is 15.9. The van der Waals surface area contributed by atoms with Gasteiger partial charge >= 0.3 is 0 Å². The Kier molecular flexibility index (Phi) is 5.11. The van der Waals surface area contributed by atoms with Crippen LogP contribution < -0.4 is 5.32 Å². The summed E-state index contributed by atoms with van der Waals surface area (Å²) in [7, 11) is 0. The van der Waals surface area contributed by atoms with Gasteiger partial charge in [0.25, 0.3) is 0 Å². The monoisotopic (exact) mass is 393 g/mol. The highest BCUT2D eigenvalue weighted by Crippen LogP contribution is 2.40. The fourth-order valence-corrected chi connectivity index (χ4v) is 4.35. The second kappa shape index (κ2) is 7.69. The SMILES string of the molecule is Cc1cc([C@@H]2[C@@H](c3ccccn3)NC(=S)N2CCO)c(C)n1-c1ccccn1. The lowest BCUT2D eigenvalue weighted by molar-refractivity contribution is 0.223. The Morgan fingerprint density at radius 3 is 2.50 bits per heavy atom. The van der Waals surface area contributed by atoms with Crippen molar-refractivity contribution in [1.82, 2.24) is 24.8 Å². The van der Waals surface area contributed by atoms with E-state index in [1.165, 1.54) is 0 Å². The van der Waals surface area contributed by atoms with E-state index in [4.69, 9.17) is 12.2 Å². The Morgan fingerprint density at radius 1 is 1.11 bits per heavy atom. The van der Waals surface area contributed by atoms with E-state index in [1.807, 2.05) is 36.4 Å². The summed E-state index contributed by atoms with van der Waals surface area (Å²) in [5.74, 6) is 0.889. The summed E-state index contributed by atoms with van der Waals surface area (Å²) in [6.07, 6.45) is 3.60. The van der Waals surface area contributed by atoms with Gasteiger partial charge in [0.2, 0.25) is 0 Å². The summed E-state index contributed by atoms with van der Waals surface area (Å²) >= 11 is 5.59. The Labute approximate surface area is 169 Å². The first-order chi connectivity index (χ1) is 13.6. The topological polar surface area (TPSA) is 66.2 Å². The third-order valence-electron chi connectivity index (χ3n) is 5.21. The highest BCUT2D eigenvalue weighted by Gasteiger charge is 2.41. The largest absolute Gasteiger partial charge is 0.395 e. The lowest BCUT2D eigenvalue weighted by Crippen LogP contribution is -2.32. The van der Waals surface area contributed by atoms with Crippen molar-refractivity contribution < 1.29 is 5.11 Å². The average molecular weight is 394 g/mol. The highest BCUT2D eigenvalue weighted by atomic mass is 32.1. The average Bonchev–Trinajstić information content (AvgIpc) is 3.19. The molecule has 1 aliphatic rings. The molecule has 2 atom stereocenters. The van der Waals surface area contributed by atoms with Gasteiger partial charge < -0.3 is 19.9 Å². The van der Waals surface area contributed by atoms with Crippen LogP contribution in [-0.2, 0) is 0 Å². The molecule has 28 heavy (non-hydrogen) atoms. The number of aliphatic hydroxyl groups excluding tert-OH is 1. The maximum Gasteiger partial charge on any atom is 0.170 e. The van der Waals surface area contributed by atoms with Gasteiger partial charge in [-0.15, -0.1) is 0 Å². The van der Waals surface area contributed by atoms with E-state index >= 15 is 0 Å². The van der Waals surface area contributed by atoms with Crippen molar-refractivity contribution in [2.45, 2.75) is 25.9 Å². The van der Waals surface area contributed by atoms with Gasteiger partial charge in [-0.3, -0.25) is 4.98 Å². The molecule has 0 amide bonds. The third kappa shape index (κ3) is 3.16. The fourth-order valence-electron chi connectivity index (χ4n) is 4.02. The molecule has 0 saturated carbocycles. The summed E-state index contributed by atoms with van der Waals surface area (Å²) in [5, 5.41) is 13.7. The Balaban J connectivity index is 1.83. The van der Waals surface area contributed by atoms with E-state index in [-0.39, 0.29) is 18.7 Å². The number of aromatic nitrogens is 3. The van der Waals surface area contributed by atoms with E-state index in [0.717, 1.165) is 28.5 Å². The zero-order chi connectivity index (χ0) is 19.7. The molecule has 0 spiro atoms. The van der Waals surface area contributed by atoms with E-state index in [0.29, 0.717) is 11.7 Å². The quantitative estimate of drug-likeness (QED) is 0.650. The van der Waals surface area contributed by atoms with Crippen LogP contribution in [0.25, 0.3) is 5.82 Å². The molecule has 3 aromatic heterocycles. The minimum absolute atomic E-state index is 0.0340. The van der Waals surface area contributed by atoms with Crippen molar-refractivity contribution in [3.8, 4) is 5.82 Å². The number of β-amino-alcohol motifs (C(OH)–C–C–N with tert-alkyl or cyclic N) is 1. The zero-order valence-corrected chi connectivity index (χ0v) is 16.7.